The van der Waals surface area contributed by atoms with Gasteiger partial charge in [-0.05, 0) is 32.0 Å². The summed E-state index contributed by atoms with van der Waals surface area (Å²) in [6.45, 7) is 4.17. The van der Waals surface area contributed by atoms with E-state index in [4.69, 9.17) is 11.6 Å². The van der Waals surface area contributed by atoms with Gasteiger partial charge in [0.15, 0.2) is 0 Å². The van der Waals surface area contributed by atoms with Crippen molar-refractivity contribution in [3.8, 4) is 0 Å². The summed E-state index contributed by atoms with van der Waals surface area (Å²) >= 11 is 5.93. The van der Waals surface area contributed by atoms with Crippen molar-refractivity contribution in [2.24, 2.45) is 0 Å². The number of rotatable bonds is 1. The third kappa shape index (κ3) is 2.65. The van der Waals surface area contributed by atoms with Crippen LogP contribution in [0.4, 0.5) is 4.39 Å². The third-order valence-corrected chi connectivity index (χ3v) is 3.48. The molecule has 1 amide bonds. The van der Waals surface area contributed by atoms with Gasteiger partial charge in [-0.2, -0.15) is 0 Å². The Morgan fingerprint density at radius 1 is 1.56 bits per heavy atom. The maximum atomic E-state index is 13.7. The van der Waals surface area contributed by atoms with Crippen LogP contribution < -0.4 is 5.32 Å². The van der Waals surface area contributed by atoms with Crippen LogP contribution in [0.15, 0.2) is 18.2 Å². The predicted octanol–water partition coefficient (Wildman–Crippen LogP) is 2.30. The molecular weight excluding hydrogens is 255 g/mol. The lowest BCUT2D eigenvalue weighted by atomic mass is 10.1. The molecule has 0 bridgehead atoms. The van der Waals surface area contributed by atoms with E-state index in [0.29, 0.717) is 6.54 Å². The van der Waals surface area contributed by atoms with E-state index in [1.54, 1.807) is 11.0 Å². The number of nitrogens with one attached hydrogen (secondary N) is 1. The summed E-state index contributed by atoms with van der Waals surface area (Å²) in [5.74, 6) is -0.883. The smallest absolute Gasteiger partial charge is 0.258 e. The number of carbonyl (C=O) groups excluding carboxylic acids is 1. The molecule has 1 unspecified atom stereocenters. The molecule has 0 aliphatic carbocycles. The first-order valence-corrected chi connectivity index (χ1v) is 6.44. The zero-order chi connectivity index (χ0) is 13.1. The summed E-state index contributed by atoms with van der Waals surface area (Å²) in [6, 6.07) is 4.34. The van der Waals surface area contributed by atoms with E-state index < -0.39 is 5.82 Å². The molecule has 1 aromatic rings. The Hall–Kier alpha value is -1.13. The van der Waals surface area contributed by atoms with E-state index in [-0.39, 0.29) is 22.5 Å². The lowest BCUT2D eigenvalue weighted by molar-refractivity contribution is 0.0702. The predicted molar refractivity (Wildman–Crippen MR) is 69.4 cm³/mol. The number of nitrogens with zero attached hydrogens (tertiary/aromatic N) is 1. The fourth-order valence-corrected chi connectivity index (χ4v) is 2.41. The summed E-state index contributed by atoms with van der Waals surface area (Å²) in [4.78, 5) is 14.1. The highest BCUT2D eigenvalue weighted by atomic mass is 35.5. The number of amides is 1. The molecule has 0 spiro atoms. The molecule has 1 atom stereocenters. The van der Waals surface area contributed by atoms with E-state index in [9.17, 15) is 9.18 Å². The van der Waals surface area contributed by atoms with Crippen molar-refractivity contribution in [1.82, 2.24) is 10.2 Å². The Kier molecular flexibility index (Phi) is 4.19. The first-order valence-electron chi connectivity index (χ1n) is 6.07. The van der Waals surface area contributed by atoms with E-state index in [1.165, 1.54) is 12.1 Å². The van der Waals surface area contributed by atoms with Gasteiger partial charge in [0, 0.05) is 19.1 Å². The van der Waals surface area contributed by atoms with Crippen LogP contribution in [0.25, 0.3) is 0 Å². The number of benzene rings is 1. The zero-order valence-corrected chi connectivity index (χ0v) is 11.0. The highest BCUT2D eigenvalue weighted by Gasteiger charge is 2.26. The van der Waals surface area contributed by atoms with Gasteiger partial charge in [0.25, 0.3) is 5.91 Å². The van der Waals surface area contributed by atoms with Gasteiger partial charge in [0.05, 0.1) is 10.6 Å². The van der Waals surface area contributed by atoms with Crippen molar-refractivity contribution in [2.45, 2.75) is 19.4 Å². The highest BCUT2D eigenvalue weighted by molar-refractivity contribution is 6.33. The van der Waals surface area contributed by atoms with Crippen molar-refractivity contribution in [3.63, 3.8) is 0 Å². The molecule has 1 saturated heterocycles. The lowest BCUT2D eigenvalue weighted by Gasteiger charge is -2.27. The second-order valence-electron chi connectivity index (χ2n) is 4.50. The van der Waals surface area contributed by atoms with E-state index in [0.717, 1.165) is 19.5 Å². The topological polar surface area (TPSA) is 32.3 Å². The highest BCUT2D eigenvalue weighted by Crippen LogP contribution is 2.22. The molecule has 98 valence electrons. The van der Waals surface area contributed by atoms with Gasteiger partial charge in [0.2, 0.25) is 0 Å². The minimum atomic E-state index is -0.558. The molecule has 18 heavy (non-hydrogen) atoms. The molecule has 1 aliphatic heterocycles. The summed E-state index contributed by atoms with van der Waals surface area (Å²) in [5, 5.41) is 3.41. The summed E-state index contributed by atoms with van der Waals surface area (Å²) < 4.78 is 13.7. The van der Waals surface area contributed by atoms with Crippen molar-refractivity contribution in [1.29, 1.82) is 0 Å². The van der Waals surface area contributed by atoms with Gasteiger partial charge < -0.3 is 10.2 Å². The fourth-order valence-electron chi connectivity index (χ4n) is 2.16. The quantitative estimate of drug-likeness (QED) is 0.849. The molecule has 3 nitrogen and oxygen atoms in total. The monoisotopic (exact) mass is 270 g/mol. The first kappa shape index (κ1) is 13.3. The fraction of sp³-hybridized carbons (Fsp3) is 0.462. The van der Waals surface area contributed by atoms with E-state index in [1.807, 2.05) is 6.92 Å². The number of halogens is 2. The van der Waals surface area contributed by atoms with Crippen LogP contribution in [-0.2, 0) is 0 Å². The molecule has 0 radical (unpaired) electrons. The maximum Gasteiger partial charge on any atom is 0.258 e. The Labute approximate surface area is 111 Å². The van der Waals surface area contributed by atoms with Crippen molar-refractivity contribution in [2.75, 3.05) is 19.6 Å². The van der Waals surface area contributed by atoms with Gasteiger partial charge >= 0.3 is 0 Å². The average Bonchev–Trinajstić information content (AvgIpc) is 2.53. The Bertz CT molecular complexity index is 432. The third-order valence-electron chi connectivity index (χ3n) is 3.16. The van der Waals surface area contributed by atoms with Gasteiger partial charge in [-0.25, -0.2) is 4.39 Å². The van der Waals surface area contributed by atoms with Crippen molar-refractivity contribution < 1.29 is 9.18 Å². The van der Waals surface area contributed by atoms with Gasteiger partial charge in [0.1, 0.15) is 5.82 Å². The van der Waals surface area contributed by atoms with Crippen LogP contribution in [0, 0.1) is 5.82 Å². The molecule has 1 heterocycles. The first-order chi connectivity index (χ1) is 8.61. The zero-order valence-electron chi connectivity index (χ0n) is 10.2. The van der Waals surface area contributed by atoms with Crippen LogP contribution in [0.1, 0.15) is 23.7 Å². The van der Waals surface area contributed by atoms with Gasteiger partial charge in [-0.1, -0.05) is 17.7 Å². The van der Waals surface area contributed by atoms with Gasteiger partial charge in [-0.15, -0.1) is 0 Å². The van der Waals surface area contributed by atoms with Crippen LogP contribution >= 0.6 is 11.6 Å². The minimum absolute atomic E-state index is 0.0204. The van der Waals surface area contributed by atoms with E-state index >= 15 is 0 Å². The molecule has 1 fully saturated rings. The Morgan fingerprint density at radius 3 is 3.06 bits per heavy atom. The minimum Gasteiger partial charge on any atom is -0.334 e. The molecular formula is C13H16ClFN2O. The van der Waals surface area contributed by atoms with Gasteiger partial charge in [-0.3, -0.25) is 4.79 Å². The van der Waals surface area contributed by atoms with Crippen LogP contribution in [0.5, 0.6) is 0 Å². The maximum absolute atomic E-state index is 13.7. The summed E-state index contributed by atoms with van der Waals surface area (Å²) in [5.41, 5.74) is -0.0204. The number of carbonyl (C=O) groups is 1. The normalized spacial score (nSPS) is 20.6. The number of hydrogen-bond acceptors (Lipinski definition) is 2. The largest absolute Gasteiger partial charge is 0.334 e. The molecule has 1 aromatic carbocycles. The molecule has 2 rings (SSSR count). The Balaban J connectivity index is 2.29. The average molecular weight is 271 g/mol. The lowest BCUT2D eigenvalue weighted by Crippen LogP contribution is -2.42. The summed E-state index contributed by atoms with van der Waals surface area (Å²) in [7, 11) is 0. The van der Waals surface area contributed by atoms with Crippen LogP contribution in [-0.4, -0.2) is 36.5 Å². The second kappa shape index (κ2) is 5.67. The van der Waals surface area contributed by atoms with Crippen molar-refractivity contribution >= 4 is 17.5 Å². The standard InChI is InChI=1S/C13H16ClFN2O/c1-9-8-16-6-3-7-17(9)13(18)12-10(14)4-2-5-11(12)15/h2,4-5,9,16H,3,6-8H2,1H3. The van der Waals surface area contributed by atoms with E-state index in [2.05, 4.69) is 5.32 Å². The summed E-state index contributed by atoms with van der Waals surface area (Å²) in [6.07, 6.45) is 0.863. The molecule has 0 saturated carbocycles. The van der Waals surface area contributed by atoms with Crippen LogP contribution in [0.3, 0.4) is 0 Å². The second-order valence-corrected chi connectivity index (χ2v) is 4.91. The van der Waals surface area contributed by atoms with Crippen molar-refractivity contribution in [3.05, 3.63) is 34.6 Å². The van der Waals surface area contributed by atoms with Crippen LogP contribution in [0.2, 0.25) is 5.02 Å². The molecule has 0 aromatic heterocycles. The number of hydrogen-bond donors (Lipinski definition) is 1. The SMILES string of the molecule is CC1CNCCCN1C(=O)c1c(F)cccc1Cl. The molecule has 5 heteroatoms. The molecule has 1 aliphatic rings. The molecule has 1 N–H and O–H groups in total. The Morgan fingerprint density at radius 2 is 2.33 bits per heavy atom.